The van der Waals surface area contributed by atoms with Gasteiger partial charge < -0.3 is 4.42 Å². The van der Waals surface area contributed by atoms with E-state index in [1.165, 1.54) is 9.13 Å². The van der Waals surface area contributed by atoms with E-state index in [0.29, 0.717) is 16.8 Å². The second-order valence-electron chi connectivity index (χ2n) is 7.05. The van der Waals surface area contributed by atoms with Gasteiger partial charge in [-0.3, -0.25) is 13.9 Å². The third kappa shape index (κ3) is 3.07. The molecule has 0 aliphatic rings. The van der Waals surface area contributed by atoms with Gasteiger partial charge in [0.25, 0.3) is 5.56 Å². The molecule has 0 spiro atoms. The van der Waals surface area contributed by atoms with Crippen LogP contribution < -0.4 is 11.2 Å². The summed E-state index contributed by atoms with van der Waals surface area (Å²) >= 11 is 0. The maximum absolute atomic E-state index is 13.3. The highest BCUT2D eigenvalue weighted by molar-refractivity contribution is 5.78. The van der Waals surface area contributed by atoms with E-state index in [-0.39, 0.29) is 18.6 Å². The van der Waals surface area contributed by atoms with Crippen LogP contribution in [0.5, 0.6) is 0 Å². The van der Waals surface area contributed by atoms with Crippen LogP contribution in [0.25, 0.3) is 11.0 Å². The van der Waals surface area contributed by atoms with E-state index in [1.54, 1.807) is 18.4 Å². The molecule has 0 N–H and O–H groups in total. The number of fused-ring (bicyclic) bond motifs is 1. The molecule has 0 fully saturated rings. The van der Waals surface area contributed by atoms with E-state index >= 15 is 0 Å². The van der Waals surface area contributed by atoms with Crippen LogP contribution in [0.15, 0.2) is 62.7 Å². The van der Waals surface area contributed by atoms with E-state index in [0.717, 1.165) is 22.4 Å². The van der Waals surface area contributed by atoms with Gasteiger partial charge in [-0.1, -0.05) is 24.3 Å². The zero-order valence-electron chi connectivity index (χ0n) is 16.1. The van der Waals surface area contributed by atoms with Crippen LogP contribution in [0.3, 0.4) is 0 Å². The molecule has 0 bridgehead atoms. The van der Waals surface area contributed by atoms with Crippen molar-refractivity contribution in [1.29, 1.82) is 0 Å². The van der Waals surface area contributed by atoms with Crippen molar-refractivity contribution >= 4 is 11.0 Å². The largest absolute Gasteiger partial charge is 0.467 e. The standard InChI is InChI=1S/C22H21N3O3/c1-14-7-4-5-8-17(14)12-25-21(26)19-15(2)11-16(3)23-20(19)24(22(25)27)13-18-9-6-10-28-18/h4-11H,12-13H2,1-3H3. The highest BCUT2D eigenvalue weighted by Crippen LogP contribution is 2.15. The van der Waals surface area contributed by atoms with E-state index in [4.69, 9.17) is 4.42 Å². The molecule has 3 heterocycles. The smallest absolute Gasteiger partial charge is 0.333 e. The normalized spacial score (nSPS) is 11.2. The molecule has 0 atom stereocenters. The van der Waals surface area contributed by atoms with Gasteiger partial charge in [0.15, 0.2) is 5.65 Å². The van der Waals surface area contributed by atoms with Crippen molar-refractivity contribution in [1.82, 2.24) is 14.1 Å². The van der Waals surface area contributed by atoms with Gasteiger partial charge in [0.05, 0.1) is 24.7 Å². The Labute approximate surface area is 161 Å². The number of aryl methyl sites for hydroxylation is 3. The number of furan rings is 1. The summed E-state index contributed by atoms with van der Waals surface area (Å²) in [7, 11) is 0. The molecule has 1 aromatic carbocycles. The maximum Gasteiger partial charge on any atom is 0.333 e. The number of pyridine rings is 1. The number of hydrogen-bond donors (Lipinski definition) is 0. The summed E-state index contributed by atoms with van der Waals surface area (Å²) in [5, 5.41) is 0.463. The van der Waals surface area contributed by atoms with Gasteiger partial charge in [-0.25, -0.2) is 9.78 Å². The van der Waals surface area contributed by atoms with Gasteiger partial charge in [0, 0.05) is 5.69 Å². The lowest BCUT2D eigenvalue weighted by Crippen LogP contribution is -2.41. The molecule has 3 aromatic heterocycles. The first-order valence-electron chi connectivity index (χ1n) is 9.14. The third-order valence-electron chi connectivity index (χ3n) is 4.99. The lowest BCUT2D eigenvalue weighted by molar-refractivity contribution is 0.484. The first kappa shape index (κ1) is 18.0. The Morgan fingerprint density at radius 2 is 1.71 bits per heavy atom. The Hall–Kier alpha value is -3.41. The van der Waals surface area contributed by atoms with Crippen molar-refractivity contribution in [2.75, 3.05) is 0 Å². The minimum absolute atomic E-state index is 0.214. The summed E-state index contributed by atoms with van der Waals surface area (Å²) in [4.78, 5) is 31.1. The number of benzene rings is 1. The molecular weight excluding hydrogens is 354 g/mol. The molecule has 0 saturated heterocycles. The molecule has 6 nitrogen and oxygen atoms in total. The fraction of sp³-hybridized carbons (Fsp3) is 0.227. The number of aromatic nitrogens is 3. The molecule has 6 heteroatoms. The summed E-state index contributed by atoms with van der Waals surface area (Å²) in [6.07, 6.45) is 1.57. The van der Waals surface area contributed by atoms with E-state index in [1.807, 2.05) is 51.1 Å². The van der Waals surface area contributed by atoms with Gasteiger partial charge in [-0.15, -0.1) is 0 Å². The van der Waals surface area contributed by atoms with Crippen LogP contribution >= 0.6 is 0 Å². The van der Waals surface area contributed by atoms with Crippen LogP contribution in [-0.2, 0) is 13.1 Å². The molecule has 0 amide bonds. The Balaban J connectivity index is 2.01. The zero-order chi connectivity index (χ0) is 19.8. The van der Waals surface area contributed by atoms with Crippen molar-refractivity contribution in [3.8, 4) is 0 Å². The Bertz CT molecular complexity index is 1280. The van der Waals surface area contributed by atoms with Crippen molar-refractivity contribution in [3.05, 3.63) is 97.7 Å². The van der Waals surface area contributed by atoms with Crippen LogP contribution in [0.4, 0.5) is 0 Å². The van der Waals surface area contributed by atoms with Gasteiger partial charge >= 0.3 is 5.69 Å². The Kier molecular flexibility index (Phi) is 4.47. The summed E-state index contributed by atoms with van der Waals surface area (Å²) in [6, 6.07) is 13.2. The Morgan fingerprint density at radius 1 is 0.929 bits per heavy atom. The van der Waals surface area contributed by atoms with Crippen LogP contribution in [0.1, 0.15) is 28.1 Å². The molecule has 0 aliphatic carbocycles. The van der Waals surface area contributed by atoms with E-state index < -0.39 is 5.69 Å². The van der Waals surface area contributed by atoms with Crippen molar-refractivity contribution in [3.63, 3.8) is 0 Å². The van der Waals surface area contributed by atoms with Gasteiger partial charge in [0.1, 0.15) is 5.76 Å². The van der Waals surface area contributed by atoms with Crippen LogP contribution in [0.2, 0.25) is 0 Å². The Morgan fingerprint density at radius 3 is 2.43 bits per heavy atom. The van der Waals surface area contributed by atoms with Gasteiger partial charge in [-0.05, 0) is 55.7 Å². The second-order valence-corrected chi connectivity index (χ2v) is 7.05. The number of rotatable bonds is 4. The van der Waals surface area contributed by atoms with Gasteiger partial charge in [-0.2, -0.15) is 0 Å². The molecule has 142 valence electrons. The quantitative estimate of drug-likeness (QED) is 0.549. The fourth-order valence-corrected chi connectivity index (χ4v) is 3.53. The summed E-state index contributed by atoms with van der Waals surface area (Å²) in [5.74, 6) is 0.630. The van der Waals surface area contributed by atoms with Gasteiger partial charge in [0.2, 0.25) is 0 Å². The molecule has 0 saturated carbocycles. The first-order chi connectivity index (χ1) is 13.5. The predicted octanol–water partition coefficient (Wildman–Crippen LogP) is 3.17. The third-order valence-corrected chi connectivity index (χ3v) is 4.99. The lowest BCUT2D eigenvalue weighted by atomic mass is 10.1. The molecular formula is C22H21N3O3. The van der Waals surface area contributed by atoms with Crippen LogP contribution in [0, 0.1) is 20.8 Å². The summed E-state index contributed by atoms with van der Waals surface area (Å²) in [5.41, 5.74) is 3.21. The number of nitrogens with zero attached hydrogens (tertiary/aromatic N) is 3. The highest BCUT2D eigenvalue weighted by Gasteiger charge is 2.18. The molecule has 28 heavy (non-hydrogen) atoms. The fourth-order valence-electron chi connectivity index (χ4n) is 3.53. The molecule has 0 aliphatic heterocycles. The van der Waals surface area contributed by atoms with Crippen molar-refractivity contribution < 1.29 is 4.42 Å². The highest BCUT2D eigenvalue weighted by atomic mass is 16.3. The van der Waals surface area contributed by atoms with Crippen LogP contribution in [-0.4, -0.2) is 14.1 Å². The molecule has 4 aromatic rings. The average Bonchev–Trinajstić information content (AvgIpc) is 3.16. The zero-order valence-corrected chi connectivity index (χ0v) is 16.1. The average molecular weight is 375 g/mol. The minimum atomic E-state index is -0.394. The first-order valence-corrected chi connectivity index (χ1v) is 9.14. The summed E-state index contributed by atoms with van der Waals surface area (Å²) in [6.45, 7) is 6.13. The molecule has 0 unspecified atom stereocenters. The maximum atomic E-state index is 13.3. The van der Waals surface area contributed by atoms with Crippen molar-refractivity contribution in [2.24, 2.45) is 0 Å². The SMILES string of the molecule is Cc1cc(C)c2c(=O)n(Cc3ccccc3C)c(=O)n(Cc3ccco3)c2n1. The van der Waals surface area contributed by atoms with Crippen molar-refractivity contribution in [2.45, 2.75) is 33.9 Å². The lowest BCUT2D eigenvalue weighted by Gasteiger charge is -2.15. The summed E-state index contributed by atoms with van der Waals surface area (Å²) < 4.78 is 8.25. The molecule has 0 radical (unpaired) electrons. The minimum Gasteiger partial charge on any atom is -0.467 e. The monoisotopic (exact) mass is 375 g/mol. The topological polar surface area (TPSA) is 70.0 Å². The van der Waals surface area contributed by atoms with E-state index in [2.05, 4.69) is 4.98 Å². The predicted molar refractivity (Wildman–Crippen MR) is 108 cm³/mol. The molecule has 4 rings (SSSR count). The number of hydrogen-bond acceptors (Lipinski definition) is 4. The second kappa shape index (κ2) is 6.96. The van der Waals surface area contributed by atoms with E-state index in [9.17, 15) is 9.59 Å².